The average molecular weight is 262 g/mol. The van der Waals surface area contributed by atoms with E-state index in [1.54, 1.807) is 10.9 Å². The fraction of sp³-hybridized carbons (Fsp3) is 0.250. The summed E-state index contributed by atoms with van der Waals surface area (Å²) in [5.41, 5.74) is 0.0163. The second-order valence-corrected chi connectivity index (χ2v) is 3.89. The van der Waals surface area contributed by atoms with Crippen LogP contribution in [0.5, 0.6) is 11.5 Å². The number of rotatable bonds is 4. The molecule has 7 heteroatoms. The number of aromatic nitrogens is 3. The molecule has 2 rings (SSSR count). The highest BCUT2D eigenvalue weighted by Gasteiger charge is 2.14. The Morgan fingerprint density at radius 2 is 2.21 bits per heavy atom. The summed E-state index contributed by atoms with van der Waals surface area (Å²) in [6.45, 7) is 2.84. The van der Waals surface area contributed by atoms with Crippen molar-refractivity contribution in [3.63, 3.8) is 0 Å². The molecule has 3 N–H and O–H groups in total. The molecule has 0 spiro atoms. The van der Waals surface area contributed by atoms with E-state index in [2.05, 4.69) is 15.5 Å². The van der Waals surface area contributed by atoms with Crippen LogP contribution in [0, 0.1) is 0 Å². The van der Waals surface area contributed by atoms with E-state index >= 15 is 0 Å². The molecule has 0 bridgehead atoms. The number of benzene rings is 1. The third kappa shape index (κ3) is 2.65. The second kappa shape index (κ2) is 5.38. The number of amides is 1. The van der Waals surface area contributed by atoms with Crippen LogP contribution in [0.3, 0.4) is 0 Å². The van der Waals surface area contributed by atoms with Gasteiger partial charge in [-0.3, -0.25) is 4.79 Å². The zero-order valence-electron chi connectivity index (χ0n) is 10.4. The zero-order chi connectivity index (χ0) is 13.8. The van der Waals surface area contributed by atoms with Gasteiger partial charge >= 0.3 is 0 Å². The van der Waals surface area contributed by atoms with Crippen LogP contribution >= 0.6 is 0 Å². The predicted octanol–water partition coefficient (Wildman–Crippen LogP) is 0.639. The van der Waals surface area contributed by atoms with Crippen LogP contribution in [0.15, 0.2) is 24.5 Å². The monoisotopic (exact) mass is 262 g/mol. The maximum Gasteiger partial charge on any atom is 0.255 e. The molecule has 0 atom stereocenters. The fourth-order valence-corrected chi connectivity index (χ4v) is 1.65. The zero-order valence-corrected chi connectivity index (χ0v) is 10.4. The Balaban J connectivity index is 2.08. The number of phenols is 2. The van der Waals surface area contributed by atoms with Crippen LogP contribution in [-0.4, -0.2) is 30.9 Å². The Morgan fingerprint density at radius 1 is 1.42 bits per heavy atom. The first-order valence-electron chi connectivity index (χ1n) is 5.79. The van der Waals surface area contributed by atoms with Crippen molar-refractivity contribution in [1.82, 2.24) is 20.1 Å². The van der Waals surface area contributed by atoms with E-state index in [9.17, 15) is 15.0 Å². The van der Waals surface area contributed by atoms with E-state index < -0.39 is 11.7 Å². The summed E-state index contributed by atoms with van der Waals surface area (Å²) in [5.74, 6) is -0.629. The van der Waals surface area contributed by atoms with Gasteiger partial charge in [0.2, 0.25) is 0 Å². The van der Waals surface area contributed by atoms with Gasteiger partial charge in [0.1, 0.15) is 6.33 Å². The first-order valence-corrected chi connectivity index (χ1v) is 5.79. The summed E-state index contributed by atoms with van der Waals surface area (Å²) < 4.78 is 1.79. The number of phenolic OH excluding ortho intramolecular Hbond substituents is 2. The van der Waals surface area contributed by atoms with E-state index in [4.69, 9.17) is 0 Å². The minimum absolute atomic E-state index is 0.0163. The van der Waals surface area contributed by atoms with Gasteiger partial charge < -0.3 is 20.1 Å². The molecular weight excluding hydrogens is 248 g/mol. The maximum absolute atomic E-state index is 11.9. The van der Waals surface area contributed by atoms with Gasteiger partial charge in [-0.25, -0.2) is 0 Å². The molecule has 0 aliphatic rings. The molecule has 1 aromatic carbocycles. The molecule has 2 aromatic rings. The molecule has 1 aromatic heterocycles. The largest absolute Gasteiger partial charge is 0.504 e. The Bertz CT molecular complexity index is 594. The van der Waals surface area contributed by atoms with Crippen LogP contribution in [0.25, 0.3) is 0 Å². The van der Waals surface area contributed by atoms with Gasteiger partial charge in [0.25, 0.3) is 5.91 Å². The standard InChI is InChI=1S/C12H14N4O3/c1-2-16-7-14-15-10(16)6-13-12(19)8-4-3-5-9(17)11(8)18/h3-5,7,17-18H,2,6H2,1H3,(H,13,19). The SMILES string of the molecule is CCn1cnnc1CNC(=O)c1cccc(O)c1O. The lowest BCUT2D eigenvalue weighted by atomic mass is 10.1. The van der Waals surface area contributed by atoms with Crippen molar-refractivity contribution in [1.29, 1.82) is 0 Å². The van der Waals surface area contributed by atoms with Gasteiger partial charge in [-0.2, -0.15) is 0 Å². The highest BCUT2D eigenvalue weighted by molar-refractivity contribution is 5.97. The molecule has 0 fully saturated rings. The van der Waals surface area contributed by atoms with Crippen molar-refractivity contribution in [2.45, 2.75) is 20.0 Å². The van der Waals surface area contributed by atoms with Crippen LogP contribution in [0.4, 0.5) is 0 Å². The summed E-state index contributed by atoms with van der Waals surface area (Å²) >= 11 is 0. The Morgan fingerprint density at radius 3 is 2.95 bits per heavy atom. The van der Waals surface area contributed by atoms with Crippen LogP contribution in [0.2, 0.25) is 0 Å². The molecule has 0 aliphatic heterocycles. The smallest absolute Gasteiger partial charge is 0.255 e. The summed E-state index contributed by atoms with van der Waals surface area (Å²) in [7, 11) is 0. The third-order valence-electron chi connectivity index (χ3n) is 2.70. The number of nitrogens with one attached hydrogen (secondary N) is 1. The number of hydrogen-bond donors (Lipinski definition) is 3. The van der Waals surface area contributed by atoms with E-state index in [1.165, 1.54) is 18.2 Å². The first-order chi connectivity index (χ1) is 9.13. The fourth-order valence-electron chi connectivity index (χ4n) is 1.65. The van der Waals surface area contributed by atoms with Crippen molar-refractivity contribution >= 4 is 5.91 Å². The highest BCUT2D eigenvalue weighted by Crippen LogP contribution is 2.27. The lowest BCUT2D eigenvalue weighted by Crippen LogP contribution is -2.24. The minimum Gasteiger partial charge on any atom is -0.504 e. The van der Waals surface area contributed by atoms with E-state index in [1.807, 2.05) is 6.92 Å². The van der Waals surface area contributed by atoms with Gasteiger partial charge in [0.05, 0.1) is 12.1 Å². The summed E-state index contributed by atoms with van der Waals surface area (Å²) in [5, 5.41) is 29.1. The van der Waals surface area contributed by atoms with Gasteiger partial charge in [0, 0.05) is 6.54 Å². The Labute approximate surface area is 109 Å². The topological polar surface area (TPSA) is 100 Å². The molecule has 0 unspecified atom stereocenters. The van der Waals surface area contributed by atoms with Crippen molar-refractivity contribution in [3.05, 3.63) is 35.9 Å². The van der Waals surface area contributed by atoms with E-state index in [0.717, 1.165) is 0 Å². The highest BCUT2D eigenvalue weighted by atomic mass is 16.3. The molecule has 0 radical (unpaired) electrons. The van der Waals surface area contributed by atoms with Gasteiger partial charge in [0.15, 0.2) is 17.3 Å². The van der Waals surface area contributed by atoms with Crippen molar-refractivity contribution in [2.24, 2.45) is 0 Å². The number of aromatic hydroxyl groups is 2. The minimum atomic E-state index is -0.487. The first kappa shape index (κ1) is 12.9. The number of carbonyl (C=O) groups is 1. The third-order valence-corrected chi connectivity index (χ3v) is 2.70. The van der Waals surface area contributed by atoms with Crippen molar-refractivity contribution in [2.75, 3.05) is 0 Å². The van der Waals surface area contributed by atoms with Crippen molar-refractivity contribution < 1.29 is 15.0 Å². The molecule has 0 saturated heterocycles. The molecule has 7 nitrogen and oxygen atoms in total. The second-order valence-electron chi connectivity index (χ2n) is 3.89. The van der Waals surface area contributed by atoms with E-state index in [0.29, 0.717) is 12.4 Å². The Kier molecular flexibility index (Phi) is 3.65. The number of carbonyl (C=O) groups excluding carboxylic acids is 1. The van der Waals surface area contributed by atoms with Gasteiger partial charge in [-0.05, 0) is 19.1 Å². The number of para-hydroxylation sites is 1. The molecule has 0 aliphatic carbocycles. The quantitative estimate of drug-likeness (QED) is 0.702. The Hall–Kier alpha value is -2.57. The van der Waals surface area contributed by atoms with Crippen LogP contribution < -0.4 is 5.32 Å². The summed E-state index contributed by atoms with van der Waals surface area (Å²) in [6, 6.07) is 4.22. The number of hydrogen-bond acceptors (Lipinski definition) is 5. The molecule has 19 heavy (non-hydrogen) atoms. The molecule has 100 valence electrons. The maximum atomic E-state index is 11.9. The van der Waals surface area contributed by atoms with Crippen LogP contribution in [-0.2, 0) is 13.1 Å². The normalized spacial score (nSPS) is 10.4. The number of nitrogens with zero attached hydrogens (tertiary/aromatic N) is 3. The summed E-state index contributed by atoms with van der Waals surface area (Å²) in [6.07, 6.45) is 1.58. The average Bonchev–Trinajstić information content (AvgIpc) is 2.86. The molecule has 1 heterocycles. The van der Waals surface area contributed by atoms with Gasteiger partial charge in [-0.15, -0.1) is 10.2 Å². The predicted molar refractivity (Wildman–Crippen MR) is 66.6 cm³/mol. The summed E-state index contributed by atoms with van der Waals surface area (Å²) in [4.78, 5) is 11.9. The van der Waals surface area contributed by atoms with Gasteiger partial charge in [-0.1, -0.05) is 6.07 Å². The molecular formula is C12H14N4O3. The van der Waals surface area contributed by atoms with E-state index in [-0.39, 0.29) is 17.9 Å². The number of aryl methyl sites for hydroxylation is 1. The van der Waals surface area contributed by atoms with Crippen molar-refractivity contribution in [3.8, 4) is 11.5 Å². The van der Waals surface area contributed by atoms with Crippen LogP contribution in [0.1, 0.15) is 23.1 Å². The lowest BCUT2D eigenvalue weighted by Gasteiger charge is -2.08. The molecule has 0 saturated carbocycles. The molecule has 1 amide bonds. The lowest BCUT2D eigenvalue weighted by molar-refractivity contribution is 0.0946.